The quantitative estimate of drug-likeness (QED) is 0.722. The van der Waals surface area contributed by atoms with Gasteiger partial charge in [-0.15, -0.1) is 0 Å². The molecule has 1 aromatic heterocycles. The Morgan fingerprint density at radius 1 is 1.38 bits per heavy atom. The molecule has 0 spiro atoms. The highest BCUT2D eigenvalue weighted by molar-refractivity contribution is 5.86. The monoisotopic (exact) mass is 326 g/mol. The minimum atomic E-state index is 0.439. The molecule has 3 nitrogen and oxygen atoms in total. The highest BCUT2D eigenvalue weighted by Gasteiger charge is 2.25. The van der Waals surface area contributed by atoms with Gasteiger partial charge in [0.15, 0.2) is 0 Å². The first-order chi connectivity index (χ1) is 11.6. The topological polar surface area (TPSA) is 37.0 Å². The van der Waals surface area contributed by atoms with Crippen molar-refractivity contribution < 1.29 is 4.74 Å². The van der Waals surface area contributed by atoms with Crippen LogP contribution in [0.3, 0.4) is 0 Å². The zero-order valence-electron chi connectivity index (χ0n) is 15.4. The van der Waals surface area contributed by atoms with E-state index in [0.717, 1.165) is 18.7 Å². The van der Waals surface area contributed by atoms with Crippen LogP contribution in [0.1, 0.15) is 57.3 Å². The molecule has 2 atom stereocenters. The van der Waals surface area contributed by atoms with E-state index in [4.69, 9.17) is 4.74 Å². The van der Waals surface area contributed by atoms with Gasteiger partial charge in [0, 0.05) is 22.6 Å². The van der Waals surface area contributed by atoms with E-state index in [9.17, 15) is 0 Å². The lowest BCUT2D eigenvalue weighted by Crippen LogP contribution is -2.30. The Morgan fingerprint density at radius 3 is 2.96 bits per heavy atom. The van der Waals surface area contributed by atoms with Crippen LogP contribution >= 0.6 is 0 Å². The van der Waals surface area contributed by atoms with Gasteiger partial charge in [-0.2, -0.15) is 0 Å². The van der Waals surface area contributed by atoms with Gasteiger partial charge in [0.1, 0.15) is 5.75 Å². The highest BCUT2D eigenvalue weighted by atomic mass is 16.5. The van der Waals surface area contributed by atoms with Crippen molar-refractivity contribution in [3.8, 4) is 5.75 Å². The van der Waals surface area contributed by atoms with Crippen molar-refractivity contribution >= 4 is 10.9 Å². The molecule has 3 heteroatoms. The highest BCUT2D eigenvalue weighted by Crippen LogP contribution is 2.35. The summed E-state index contributed by atoms with van der Waals surface area (Å²) in [5, 5.41) is 5.04. The second-order valence-corrected chi connectivity index (χ2v) is 7.39. The first-order valence-electron chi connectivity index (χ1n) is 9.13. The summed E-state index contributed by atoms with van der Waals surface area (Å²) in [6.07, 6.45) is 7.07. The number of hydrogen-bond donors (Lipinski definition) is 2. The Kier molecular flexibility index (Phi) is 5.30. The molecule has 0 bridgehead atoms. The summed E-state index contributed by atoms with van der Waals surface area (Å²) in [7, 11) is 1.73. The van der Waals surface area contributed by atoms with Crippen LogP contribution in [-0.2, 0) is 6.42 Å². The van der Waals surface area contributed by atoms with Crippen LogP contribution in [0.4, 0.5) is 0 Å². The van der Waals surface area contributed by atoms with Gasteiger partial charge in [-0.25, -0.2) is 0 Å². The molecular weight excluding hydrogens is 296 g/mol. The van der Waals surface area contributed by atoms with Crippen molar-refractivity contribution in [2.24, 2.45) is 5.92 Å². The molecule has 24 heavy (non-hydrogen) atoms. The molecule has 2 N–H and O–H groups in total. The first kappa shape index (κ1) is 17.1. The zero-order valence-corrected chi connectivity index (χ0v) is 15.4. The fraction of sp³-hybridized carbons (Fsp3) is 0.524. The first-order valence-corrected chi connectivity index (χ1v) is 9.13. The fourth-order valence-corrected chi connectivity index (χ4v) is 3.79. The maximum atomic E-state index is 5.40. The van der Waals surface area contributed by atoms with Crippen molar-refractivity contribution in [3.05, 3.63) is 41.1 Å². The summed E-state index contributed by atoms with van der Waals surface area (Å²) >= 11 is 0. The van der Waals surface area contributed by atoms with E-state index >= 15 is 0 Å². The number of aromatic nitrogens is 1. The van der Waals surface area contributed by atoms with Gasteiger partial charge >= 0.3 is 0 Å². The lowest BCUT2D eigenvalue weighted by atomic mass is 9.90. The average Bonchev–Trinajstić information content (AvgIpc) is 2.93. The fourth-order valence-electron chi connectivity index (χ4n) is 3.79. The summed E-state index contributed by atoms with van der Waals surface area (Å²) in [5.74, 6) is 1.65. The van der Waals surface area contributed by atoms with E-state index in [2.05, 4.69) is 49.3 Å². The summed E-state index contributed by atoms with van der Waals surface area (Å²) in [6.45, 7) is 7.79. The van der Waals surface area contributed by atoms with E-state index in [1.165, 1.54) is 47.0 Å². The number of aromatic amines is 1. The van der Waals surface area contributed by atoms with E-state index in [1.807, 2.05) is 6.07 Å². The third-order valence-corrected chi connectivity index (χ3v) is 5.11. The number of fused-ring (bicyclic) bond motifs is 3. The molecule has 1 aliphatic heterocycles. The second kappa shape index (κ2) is 7.43. The minimum Gasteiger partial charge on any atom is -0.497 e. The lowest BCUT2D eigenvalue weighted by Gasteiger charge is -2.27. The third kappa shape index (κ3) is 3.67. The van der Waals surface area contributed by atoms with E-state index in [-0.39, 0.29) is 0 Å². The number of methoxy groups -OCH3 is 1. The van der Waals surface area contributed by atoms with E-state index in [0.29, 0.717) is 12.0 Å². The van der Waals surface area contributed by atoms with Gasteiger partial charge in [0.2, 0.25) is 0 Å². The maximum absolute atomic E-state index is 5.40. The largest absolute Gasteiger partial charge is 0.497 e. The van der Waals surface area contributed by atoms with Crippen LogP contribution in [0, 0.1) is 5.92 Å². The van der Waals surface area contributed by atoms with Gasteiger partial charge in [-0.1, -0.05) is 18.6 Å². The van der Waals surface area contributed by atoms with Gasteiger partial charge in [0.05, 0.1) is 7.11 Å². The number of ether oxygens (including phenoxy) is 1. The van der Waals surface area contributed by atoms with Crippen molar-refractivity contribution in [2.45, 2.75) is 52.5 Å². The molecule has 0 saturated heterocycles. The molecule has 0 fully saturated rings. The number of nitrogens with one attached hydrogen (secondary N) is 2. The molecule has 1 aliphatic rings. The molecule has 1 aromatic carbocycles. The van der Waals surface area contributed by atoms with Crippen LogP contribution in [0.5, 0.6) is 5.75 Å². The third-order valence-electron chi connectivity index (χ3n) is 5.11. The van der Waals surface area contributed by atoms with Crippen LogP contribution < -0.4 is 10.1 Å². The molecule has 0 saturated carbocycles. The summed E-state index contributed by atoms with van der Waals surface area (Å²) in [4.78, 5) is 3.67. The molecule has 0 radical (unpaired) electrons. The Labute approximate surface area is 145 Å². The van der Waals surface area contributed by atoms with Crippen LogP contribution in [0.2, 0.25) is 0 Å². The normalized spacial score (nSPS) is 18.2. The number of allylic oxidation sites excluding steroid dienone is 2. The Bertz CT molecular complexity index is 725. The van der Waals surface area contributed by atoms with Crippen molar-refractivity contribution in [1.82, 2.24) is 10.3 Å². The Balaban J connectivity index is 1.77. The molecular formula is C21H30N2O. The lowest BCUT2D eigenvalue weighted by molar-refractivity contribution is 0.378. The number of hydrogen-bond acceptors (Lipinski definition) is 2. The molecule has 2 aromatic rings. The molecule has 2 unspecified atom stereocenters. The van der Waals surface area contributed by atoms with Gasteiger partial charge in [-0.05, 0) is 75.8 Å². The Morgan fingerprint density at radius 2 is 2.21 bits per heavy atom. The zero-order chi connectivity index (χ0) is 17.1. The Hall–Kier alpha value is -1.74. The van der Waals surface area contributed by atoms with Crippen LogP contribution in [0.15, 0.2) is 29.8 Å². The van der Waals surface area contributed by atoms with Crippen molar-refractivity contribution in [1.29, 1.82) is 0 Å². The standard InChI is InChI=1S/C21H30N2O/c1-14(2)6-5-7-15(3)12-20-21-17(10-11-22-20)18-13-16(24-4)8-9-19(18)23-21/h6,8-9,13,15,20,22-23H,5,7,10-12H2,1-4H3. The van der Waals surface area contributed by atoms with E-state index in [1.54, 1.807) is 7.11 Å². The smallest absolute Gasteiger partial charge is 0.119 e. The minimum absolute atomic E-state index is 0.439. The van der Waals surface area contributed by atoms with Gasteiger partial charge in [0.25, 0.3) is 0 Å². The summed E-state index contributed by atoms with van der Waals surface area (Å²) in [5.41, 5.74) is 5.51. The van der Waals surface area contributed by atoms with Crippen molar-refractivity contribution in [3.63, 3.8) is 0 Å². The van der Waals surface area contributed by atoms with E-state index < -0.39 is 0 Å². The SMILES string of the molecule is COc1ccc2[nH]c3c(c2c1)CCNC3CC(C)CCC=C(C)C. The van der Waals surface area contributed by atoms with Gasteiger partial charge < -0.3 is 15.0 Å². The summed E-state index contributed by atoms with van der Waals surface area (Å²) < 4.78 is 5.40. The predicted octanol–water partition coefficient (Wildman–Crippen LogP) is 5.14. The second-order valence-electron chi connectivity index (χ2n) is 7.39. The number of H-pyrrole nitrogens is 1. The van der Waals surface area contributed by atoms with Crippen LogP contribution in [0.25, 0.3) is 10.9 Å². The molecule has 0 amide bonds. The van der Waals surface area contributed by atoms with Gasteiger partial charge in [-0.3, -0.25) is 0 Å². The molecule has 0 aliphatic carbocycles. The molecule has 130 valence electrons. The summed E-state index contributed by atoms with van der Waals surface area (Å²) in [6, 6.07) is 6.79. The van der Waals surface area contributed by atoms with Crippen LogP contribution in [-0.4, -0.2) is 18.6 Å². The molecule has 3 rings (SSSR count). The average molecular weight is 326 g/mol. The number of rotatable bonds is 6. The predicted molar refractivity (Wildman–Crippen MR) is 102 cm³/mol. The molecule has 2 heterocycles. The van der Waals surface area contributed by atoms with Crippen molar-refractivity contribution in [2.75, 3.05) is 13.7 Å². The maximum Gasteiger partial charge on any atom is 0.119 e. The number of benzene rings is 1.